The predicted octanol–water partition coefficient (Wildman–Crippen LogP) is 4.40. The van der Waals surface area contributed by atoms with E-state index in [1.54, 1.807) is 30.6 Å². The van der Waals surface area contributed by atoms with Crippen molar-refractivity contribution in [3.05, 3.63) is 71.7 Å². The molecule has 0 saturated heterocycles. The van der Waals surface area contributed by atoms with E-state index in [1.807, 2.05) is 25.1 Å². The lowest BCUT2D eigenvalue weighted by Gasteiger charge is -2.14. The summed E-state index contributed by atoms with van der Waals surface area (Å²) in [5.41, 5.74) is 3.69. The van der Waals surface area contributed by atoms with Gasteiger partial charge in [0.05, 0.1) is 0 Å². The Balaban J connectivity index is 2.17. The summed E-state index contributed by atoms with van der Waals surface area (Å²) in [6.07, 6.45) is 4.84. The number of para-hydroxylation sites is 1. The molecule has 2 aromatic rings. The van der Waals surface area contributed by atoms with E-state index in [0.717, 1.165) is 11.4 Å². The van der Waals surface area contributed by atoms with Gasteiger partial charge in [0.1, 0.15) is 0 Å². The van der Waals surface area contributed by atoms with E-state index < -0.39 is 0 Å². The van der Waals surface area contributed by atoms with Crippen LogP contribution in [0.4, 0.5) is 5.69 Å². The molecule has 0 unspecified atom stereocenters. The molecule has 0 saturated carbocycles. The first-order valence-electron chi connectivity index (χ1n) is 7.06. The number of hydrogen-bond donors (Lipinski definition) is 1. The highest BCUT2D eigenvalue weighted by atomic mass is 16.1. The molecule has 108 valence electrons. The minimum Gasteiger partial charge on any atom is -0.359 e. The van der Waals surface area contributed by atoms with Crippen LogP contribution < -0.4 is 5.32 Å². The van der Waals surface area contributed by atoms with E-state index in [0.29, 0.717) is 11.5 Å². The Labute approximate surface area is 125 Å². The van der Waals surface area contributed by atoms with Crippen LogP contribution >= 0.6 is 0 Å². The van der Waals surface area contributed by atoms with E-state index in [2.05, 4.69) is 30.2 Å². The molecule has 0 aliphatic heterocycles. The summed E-state index contributed by atoms with van der Waals surface area (Å²) in [7, 11) is 0. The normalized spacial score (nSPS) is 11.5. The van der Waals surface area contributed by atoms with Crippen molar-refractivity contribution >= 4 is 11.5 Å². The van der Waals surface area contributed by atoms with Crippen LogP contribution in [0.2, 0.25) is 0 Å². The van der Waals surface area contributed by atoms with Crippen molar-refractivity contribution in [2.24, 2.45) is 0 Å². The number of carbonyl (C=O) groups excluding carboxylic acids is 1. The van der Waals surface area contributed by atoms with Gasteiger partial charge in [0.15, 0.2) is 5.78 Å². The zero-order valence-electron chi connectivity index (χ0n) is 12.6. The maximum Gasteiger partial charge on any atom is 0.189 e. The van der Waals surface area contributed by atoms with Gasteiger partial charge in [0.25, 0.3) is 0 Å². The van der Waals surface area contributed by atoms with Crippen molar-refractivity contribution in [2.45, 2.75) is 26.7 Å². The molecule has 3 nitrogen and oxygen atoms in total. The van der Waals surface area contributed by atoms with Crippen molar-refractivity contribution in [2.75, 3.05) is 5.32 Å². The highest BCUT2D eigenvalue weighted by molar-refractivity contribution is 6.04. The molecule has 0 aliphatic rings. The van der Waals surface area contributed by atoms with Crippen molar-refractivity contribution in [1.29, 1.82) is 0 Å². The second-order valence-electron chi connectivity index (χ2n) is 5.30. The SMILES string of the molecule is C/C(=C\C(=O)c1cccnc1)Nc1ccccc1C(C)C. The summed E-state index contributed by atoms with van der Waals surface area (Å²) in [6, 6.07) is 11.7. The van der Waals surface area contributed by atoms with Gasteiger partial charge in [-0.25, -0.2) is 0 Å². The number of hydrogen-bond acceptors (Lipinski definition) is 3. The molecule has 1 heterocycles. The fraction of sp³-hybridized carbons (Fsp3) is 0.222. The summed E-state index contributed by atoms with van der Waals surface area (Å²) in [5, 5.41) is 3.31. The third kappa shape index (κ3) is 4.02. The first kappa shape index (κ1) is 15.0. The molecule has 2 rings (SSSR count). The van der Waals surface area contributed by atoms with Gasteiger partial charge in [-0.3, -0.25) is 9.78 Å². The molecule has 0 bridgehead atoms. The fourth-order valence-corrected chi connectivity index (χ4v) is 2.15. The third-order valence-electron chi connectivity index (χ3n) is 3.21. The average molecular weight is 280 g/mol. The summed E-state index contributed by atoms with van der Waals surface area (Å²) in [6.45, 7) is 6.20. The molecular formula is C18H20N2O. The topological polar surface area (TPSA) is 42.0 Å². The molecule has 0 aliphatic carbocycles. The zero-order valence-corrected chi connectivity index (χ0v) is 12.6. The van der Waals surface area contributed by atoms with Crippen molar-refractivity contribution in [3.63, 3.8) is 0 Å². The number of pyridine rings is 1. The predicted molar refractivity (Wildman–Crippen MR) is 86.5 cm³/mol. The number of carbonyl (C=O) groups is 1. The number of allylic oxidation sites excluding steroid dienone is 2. The smallest absolute Gasteiger partial charge is 0.189 e. The van der Waals surface area contributed by atoms with Crippen LogP contribution in [0, 0.1) is 0 Å². The molecule has 0 spiro atoms. The lowest BCUT2D eigenvalue weighted by atomic mass is 10.0. The Hall–Kier alpha value is -2.42. The van der Waals surface area contributed by atoms with Gasteiger partial charge in [-0.15, -0.1) is 0 Å². The maximum atomic E-state index is 12.1. The van der Waals surface area contributed by atoms with Crippen molar-refractivity contribution < 1.29 is 4.79 Å². The number of nitrogens with one attached hydrogen (secondary N) is 1. The van der Waals surface area contributed by atoms with Crippen LogP contribution in [0.5, 0.6) is 0 Å². The molecular weight excluding hydrogens is 260 g/mol. The van der Waals surface area contributed by atoms with Crippen LogP contribution in [0.15, 0.2) is 60.6 Å². The minimum atomic E-state index is -0.0462. The van der Waals surface area contributed by atoms with Crippen LogP contribution in [0.1, 0.15) is 42.6 Å². The van der Waals surface area contributed by atoms with Crippen LogP contribution in [0.3, 0.4) is 0 Å². The van der Waals surface area contributed by atoms with Crippen LogP contribution in [-0.4, -0.2) is 10.8 Å². The number of ketones is 1. The molecule has 0 fully saturated rings. The monoisotopic (exact) mass is 280 g/mol. The molecule has 0 radical (unpaired) electrons. The molecule has 3 heteroatoms. The van der Waals surface area contributed by atoms with Gasteiger partial charge in [0.2, 0.25) is 0 Å². The van der Waals surface area contributed by atoms with Gasteiger partial charge >= 0.3 is 0 Å². The summed E-state index contributed by atoms with van der Waals surface area (Å²) in [5.74, 6) is 0.380. The molecule has 0 amide bonds. The van der Waals surface area contributed by atoms with Gasteiger partial charge in [0, 0.05) is 35.4 Å². The maximum absolute atomic E-state index is 12.1. The quantitative estimate of drug-likeness (QED) is 0.652. The molecule has 21 heavy (non-hydrogen) atoms. The molecule has 1 aromatic heterocycles. The Morgan fingerprint density at radius 2 is 1.95 bits per heavy atom. The number of benzene rings is 1. The van der Waals surface area contributed by atoms with E-state index >= 15 is 0 Å². The third-order valence-corrected chi connectivity index (χ3v) is 3.21. The molecule has 0 atom stereocenters. The minimum absolute atomic E-state index is 0.0462. The van der Waals surface area contributed by atoms with Gasteiger partial charge in [-0.2, -0.15) is 0 Å². The molecule has 1 aromatic carbocycles. The average Bonchev–Trinajstić information content (AvgIpc) is 2.48. The number of rotatable bonds is 5. The first-order valence-corrected chi connectivity index (χ1v) is 7.06. The summed E-state index contributed by atoms with van der Waals surface area (Å²) >= 11 is 0. The number of aromatic nitrogens is 1. The second kappa shape index (κ2) is 6.84. The Morgan fingerprint density at radius 1 is 1.19 bits per heavy atom. The summed E-state index contributed by atoms with van der Waals surface area (Å²) < 4.78 is 0. The standard InChI is InChI=1S/C18H20N2O/c1-13(2)16-8-4-5-9-17(16)20-14(3)11-18(21)15-7-6-10-19-12-15/h4-13,20H,1-3H3/b14-11+. The van der Waals surface area contributed by atoms with Crippen LogP contribution in [-0.2, 0) is 0 Å². The second-order valence-corrected chi connectivity index (χ2v) is 5.30. The van der Waals surface area contributed by atoms with E-state index in [9.17, 15) is 4.79 Å². The zero-order chi connectivity index (χ0) is 15.2. The first-order chi connectivity index (χ1) is 10.1. The lowest BCUT2D eigenvalue weighted by Crippen LogP contribution is -2.04. The van der Waals surface area contributed by atoms with Crippen molar-refractivity contribution in [1.82, 2.24) is 4.98 Å². The highest BCUT2D eigenvalue weighted by Gasteiger charge is 2.07. The Bertz CT molecular complexity index is 645. The lowest BCUT2D eigenvalue weighted by molar-refractivity contribution is 0.104. The highest BCUT2D eigenvalue weighted by Crippen LogP contribution is 2.24. The van der Waals surface area contributed by atoms with Crippen molar-refractivity contribution in [3.8, 4) is 0 Å². The fourth-order valence-electron chi connectivity index (χ4n) is 2.15. The number of nitrogens with zero attached hydrogens (tertiary/aromatic N) is 1. The van der Waals surface area contributed by atoms with E-state index in [4.69, 9.17) is 0 Å². The molecule has 1 N–H and O–H groups in total. The number of anilines is 1. The van der Waals surface area contributed by atoms with Gasteiger partial charge < -0.3 is 5.32 Å². The van der Waals surface area contributed by atoms with Crippen LogP contribution in [0.25, 0.3) is 0 Å². The Morgan fingerprint density at radius 3 is 2.62 bits per heavy atom. The van der Waals surface area contributed by atoms with Gasteiger partial charge in [-0.05, 0) is 36.6 Å². The van der Waals surface area contributed by atoms with Gasteiger partial charge in [-0.1, -0.05) is 32.0 Å². The Kier molecular flexibility index (Phi) is 4.88. The van der Waals surface area contributed by atoms with E-state index in [-0.39, 0.29) is 5.78 Å². The largest absolute Gasteiger partial charge is 0.359 e. The van der Waals surface area contributed by atoms with E-state index in [1.165, 1.54) is 5.56 Å². The summed E-state index contributed by atoms with van der Waals surface area (Å²) in [4.78, 5) is 16.1.